The summed E-state index contributed by atoms with van der Waals surface area (Å²) in [7, 11) is 0. The van der Waals surface area contributed by atoms with Crippen molar-refractivity contribution >= 4 is 28.6 Å². The van der Waals surface area contributed by atoms with Gasteiger partial charge in [0.1, 0.15) is 11.6 Å². The van der Waals surface area contributed by atoms with Crippen molar-refractivity contribution in [3.05, 3.63) is 11.6 Å². The Hall–Kier alpha value is -1.48. The van der Waals surface area contributed by atoms with Crippen LogP contribution < -0.4 is 5.73 Å². The van der Waals surface area contributed by atoms with Gasteiger partial charge in [0.25, 0.3) is 0 Å². The van der Waals surface area contributed by atoms with Crippen molar-refractivity contribution in [2.75, 3.05) is 12.3 Å². The van der Waals surface area contributed by atoms with E-state index in [2.05, 4.69) is 15.0 Å². The average molecular weight is 286 g/mol. The molecular weight excluding hydrogens is 274 g/mol. The van der Waals surface area contributed by atoms with Gasteiger partial charge in [-0.3, -0.25) is 4.57 Å². The van der Waals surface area contributed by atoms with Crippen molar-refractivity contribution in [1.82, 2.24) is 19.5 Å². The van der Waals surface area contributed by atoms with Crippen LogP contribution in [0, 0.1) is 0 Å². The number of nitrogen functional groups attached to an aromatic ring is 1. The van der Waals surface area contributed by atoms with Gasteiger partial charge < -0.3 is 20.7 Å². The van der Waals surface area contributed by atoms with Crippen LogP contribution in [0.1, 0.15) is 12.6 Å². The summed E-state index contributed by atoms with van der Waals surface area (Å²) >= 11 is 5.77. The molecule has 1 aliphatic heterocycles. The van der Waals surface area contributed by atoms with Crippen LogP contribution in [0.4, 0.5) is 5.82 Å². The number of rotatable bonds is 2. The molecule has 0 aromatic carbocycles. The lowest BCUT2D eigenvalue weighted by Crippen LogP contribution is -2.19. The average Bonchev–Trinajstić information content (AvgIpc) is 2.92. The van der Waals surface area contributed by atoms with Gasteiger partial charge in [-0.05, 0) is 11.6 Å². The van der Waals surface area contributed by atoms with Crippen molar-refractivity contribution in [3.63, 3.8) is 0 Å². The third kappa shape index (κ3) is 2.02. The Morgan fingerprint density at radius 2 is 2.32 bits per heavy atom. The SMILES string of the molecule is Nc1nc(Cl)nc2c1ncn2[C@@H]1O[C@H](CO)C[C@@H]1O. The van der Waals surface area contributed by atoms with Gasteiger partial charge in [0.05, 0.1) is 19.0 Å². The molecule has 2 aromatic heterocycles. The number of anilines is 1. The highest BCUT2D eigenvalue weighted by molar-refractivity contribution is 6.28. The number of fused-ring (bicyclic) bond motifs is 1. The molecule has 0 spiro atoms. The first kappa shape index (κ1) is 12.5. The number of hydrogen-bond acceptors (Lipinski definition) is 7. The maximum absolute atomic E-state index is 9.97. The molecule has 4 N–H and O–H groups in total. The number of aliphatic hydroxyl groups is 2. The fourth-order valence-corrected chi connectivity index (χ4v) is 2.37. The van der Waals surface area contributed by atoms with Gasteiger partial charge in [0.15, 0.2) is 17.7 Å². The van der Waals surface area contributed by atoms with Crippen LogP contribution in [-0.2, 0) is 4.74 Å². The van der Waals surface area contributed by atoms with E-state index in [4.69, 9.17) is 27.2 Å². The molecule has 3 heterocycles. The topological polar surface area (TPSA) is 119 Å². The van der Waals surface area contributed by atoms with Gasteiger partial charge in [-0.2, -0.15) is 9.97 Å². The summed E-state index contributed by atoms with van der Waals surface area (Å²) in [6.45, 7) is -0.155. The Kier molecular flexibility index (Phi) is 3.02. The van der Waals surface area contributed by atoms with E-state index in [9.17, 15) is 5.11 Å². The Morgan fingerprint density at radius 1 is 1.53 bits per heavy atom. The Morgan fingerprint density at radius 3 is 3.00 bits per heavy atom. The van der Waals surface area contributed by atoms with Crippen molar-refractivity contribution in [1.29, 1.82) is 0 Å². The molecule has 0 aliphatic carbocycles. The molecule has 0 unspecified atom stereocenters. The summed E-state index contributed by atoms with van der Waals surface area (Å²) in [4.78, 5) is 11.9. The first-order chi connectivity index (χ1) is 9.10. The minimum Gasteiger partial charge on any atom is -0.394 e. The largest absolute Gasteiger partial charge is 0.394 e. The lowest BCUT2D eigenvalue weighted by atomic mass is 10.2. The molecule has 1 saturated heterocycles. The van der Waals surface area contributed by atoms with Gasteiger partial charge in [0.2, 0.25) is 5.28 Å². The molecule has 19 heavy (non-hydrogen) atoms. The van der Waals surface area contributed by atoms with E-state index in [1.807, 2.05) is 0 Å². The van der Waals surface area contributed by atoms with E-state index in [1.54, 1.807) is 4.57 Å². The van der Waals surface area contributed by atoms with Crippen LogP contribution in [0.25, 0.3) is 11.2 Å². The fraction of sp³-hybridized carbons (Fsp3) is 0.500. The molecule has 3 atom stereocenters. The predicted molar refractivity (Wildman–Crippen MR) is 66.4 cm³/mol. The van der Waals surface area contributed by atoms with Crippen LogP contribution in [0.3, 0.4) is 0 Å². The van der Waals surface area contributed by atoms with Crippen LogP contribution in [0.5, 0.6) is 0 Å². The summed E-state index contributed by atoms with van der Waals surface area (Å²) in [5.41, 5.74) is 6.49. The zero-order valence-electron chi connectivity index (χ0n) is 9.77. The summed E-state index contributed by atoms with van der Waals surface area (Å²) in [5.74, 6) is 0.167. The van der Waals surface area contributed by atoms with Crippen LogP contribution in [-0.4, -0.2) is 48.5 Å². The quantitative estimate of drug-likeness (QED) is 0.648. The van der Waals surface area contributed by atoms with Gasteiger partial charge >= 0.3 is 0 Å². The number of ether oxygens (including phenoxy) is 1. The Bertz CT molecular complexity index is 618. The highest BCUT2D eigenvalue weighted by Gasteiger charge is 2.36. The molecule has 2 aromatic rings. The standard InChI is InChI=1S/C10H12ClN5O3/c11-10-14-7(12)6-8(15-10)16(3-13-6)9-5(18)1-4(2-17)19-9/h3-5,9,17-18H,1-2H2,(H2,12,14,15)/t4-,5-,9+/m0/s1. The van der Waals surface area contributed by atoms with Crippen molar-refractivity contribution in [3.8, 4) is 0 Å². The van der Waals surface area contributed by atoms with Crippen LogP contribution in [0.2, 0.25) is 5.28 Å². The summed E-state index contributed by atoms with van der Waals surface area (Å²) in [5, 5.41) is 19.0. The summed E-state index contributed by atoms with van der Waals surface area (Å²) in [6.07, 6.45) is -0.0430. The second-order valence-corrected chi connectivity index (χ2v) is 4.67. The fourth-order valence-electron chi connectivity index (χ4n) is 2.19. The summed E-state index contributed by atoms with van der Waals surface area (Å²) < 4.78 is 7.07. The third-order valence-electron chi connectivity index (χ3n) is 3.06. The molecule has 0 amide bonds. The highest BCUT2D eigenvalue weighted by atomic mass is 35.5. The molecule has 9 heteroatoms. The van der Waals surface area contributed by atoms with Crippen LogP contribution >= 0.6 is 11.6 Å². The molecule has 1 aliphatic rings. The number of nitrogens with zero attached hydrogens (tertiary/aromatic N) is 4. The molecule has 3 rings (SSSR count). The number of hydrogen-bond donors (Lipinski definition) is 3. The molecule has 0 radical (unpaired) electrons. The predicted octanol–water partition coefficient (Wildman–Crippen LogP) is -0.297. The second-order valence-electron chi connectivity index (χ2n) is 4.34. The first-order valence-corrected chi connectivity index (χ1v) is 6.08. The molecule has 8 nitrogen and oxygen atoms in total. The van der Waals surface area contributed by atoms with Gasteiger partial charge in [-0.15, -0.1) is 0 Å². The van der Waals surface area contributed by atoms with E-state index in [0.29, 0.717) is 17.6 Å². The first-order valence-electron chi connectivity index (χ1n) is 5.70. The van der Waals surface area contributed by atoms with E-state index in [0.717, 1.165) is 0 Å². The number of imidazole rings is 1. The normalized spacial score (nSPS) is 27.2. The Balaban J connectivity index is 2.06. The molecule has 0 bridgehead atoms. The second kappa shape index (κ2) is 4.57. The highest BCUT2D eigenvalue weighted by Crippen LogP contribution is 2.31. The number of halogens is 1. The maximum atomic E-state index is 9.97. The van der Waals surface area contributed by atoms with Crippen molar-refractivity contribution in [2.45, 2.75) is 24.9 Å². The van der Waals surface area contributed by atoms with E-state index in [-0.39, 0.29) is 17.7 Å². The molecule has 0 saturated carbocycles. The van der Waals surface area contributed by atoms with E-state index in [1.165, 1.54) is 6.33 Å². The molecule has 102 valence electrons. The minimum atomic E-state index is -0.760. The van der Waals surface area contributed by atoms with Crippen molar-refractivity contribution < 1.29 is 14.9 Å². The van der Waals surface area contributed by atoms with E-state index >= 15 is 0 Å². The summed E-state index contributed by atoms with van der Waals surface area (Å²) in [6, 6.07) is 0. The third-order valence-corrected chi connectivity index (χ3v) is 3.23. The number of nitrogens with two attached hydrogens (primary N) is 1. The molecule has 1 fully saturated rings. The zero-order chi connectivity index (χ0) is 13.6. The lowest BCUT2D eigenvalue weighted by Gasteiger charge is -2.16. The van der Waals surface area contributed by atoms with Gasteiger partial charge in [0, 0.05) is 6.42 Å². The van der Waals surface area contributed by atoms with Gasteiger partial charge in [-0.25, -0.2) is 4.98 Å². The van der Waals surface area contributed by atoms with E-state index < -0.39 is 18.4 Å². The molecular formula is C10H12ClN5O3. The number of aromatic nitrogens is 4. The Labute approximate surface area is 112 Å². The maximum Gasteiger partial charge on any atom is 0.226 e. The lowest BCUT2D eigenvalue weighted by molar-refractivity contribution is -0.0486. The van der Waals surface area contributed by atoms with Gasteiger partial charge in [-0.1, -0.05) is 0 Å². The van der Waals surface area contributed by atoms with Crippen molar-refractivity contribution in [2.24, 2.45) is 0 Å². The zero-order valence-corrected chi connectivity index (χ0v) is 10.5. The smallest absolute Gasteiger partial charge is 0.226 e. The number of aliphatic hydroxyl groups excluding tert-OH is 2. The minimum absolute atomic E-state index is 0.00190. The van der Waals surface area contributed by atoms with Crippen LogP contribution in [0.15, 0.2) is 6.33 Å². The monoisotopic (exact) mass is 285 g/mol.